The molecule has 0 aromatic carbocycles. The fourth-order valence-corrected chi connectivity index (χ4v) is 1.75. The maximum atomic E-state index is 6.07. The van der Waals surface area contributed by atoms with Crippen molar-refractivity contribution in [3.05, 3.63) is 11.1 Å². The zero-order valence-corrected chi connectivity index (χ0v) is 11.0. The Kier molecular flexibility index (Phi) is 3.77. The Labute approximate surface area is 96.8 Å². The molecule has 0 spiro atoms. The monoisotopic (exact) mass is 229 g/mol. The van der Waals surface area contributed by atoms with Gasteiger partial charge in [-0.1, -0.05) is 27.7 Å². The second-order valence-corrected chi connectivity index (χ2v) is 5.39. The van der Waals surface area contributed by atoms with E-state index < -0.39 is 0 Å². The van der Waals surface area contributed by atoms with Gasteiger partial charge < -0.3 is 0 Å². The number of hydrogen-bond acceptors (Lipinski definition) is 2. The zero-order chi connectivity index (χ0) is 11.6. The third-order valence-corrected chi connectivity index (χ3v) is 3.10. The minimum absolute atomic E-state index is 0.161. The molecule has 0 fully saturated rings. The van der Waals surface area contributed by atoms with Crippen molar-refractivity contribution in [2.45, 2.75) is 53.5 Å². The van der Waals surface area contributed by atoms with Gasteiger partial charge in [0, 0.05) is 12.5 Å². The Morgan fingerprint density at radius 1 is 1.33 bits per heavy atom. The Balaban J connectivity index is 3.06. The van der Waals surface area contributed by atoms with E-state index in [9.17, 15) is 0 Å². The molecule has 1 rings (SSSR count). The number of hydrogen-bond donors (Lipinski definition) is 0. The molecule has 0 amide bonds. The highest BCUT2D eigenvalue weighted by Gasteiger charge is 2.26. The molecule has 1 unspecified atom stereocenters. The summed E-state index contributed by atoms with van der Waals surface area (Å²) >= 11 is 6.07. The van der Waals surface area contributed by atoms with Gasteiger partial charge >= 0.3 is 0 Å². The van der Waals surface area contributed by atoms with Gasteiger partial charge in [-0.25, -0.2) is 0 Å². The second-order valence-electron chi connectivity index (χ2n) is 5.05. The summed E-state index contributed by atoms with van der Waals surface area (Å²) in [5, 5.41) is 8.57. The summed E-state index contributed by atoms with van der Waals surface area (Å²) in [7, 11) is 0. The van der Waals surface area contributed by atoms with Crippen LogP contribution in [0.5, 0.6) is 0 Å². The number of halogens is 1. The average Bonchev–Trinajstić information content (AvgIpc) is 2.45. The molecule has 0 saturated heterocycles. The van der Waals surface area contributed by atoms with Crippen LogP contribution in [0.15, 0.2) is 0 Å². The van der Waals surface area contributed by atoms with Gasteiger partial charge in [0.2, 0.25) is 5.28 Å². The van der Waals surface area contributed by atoms with E-state index in [2.05, 4.69) is 44.8 Å². The molecule has 0 saturated carbocycles. The molecule has 0 bridgehead atoms. The van der Waals surface area contributed by atoms with Gasteiger partial charge in [0.15, 0.2) is 0 Å². The molecule has 1 aromatic heterocycles. The highest BCUT2D eigenvalue weighted by atomic mass is 35.5. The van der Waals surface area contributed by atoms with Crippen molar-refractivity contribution < 1.29 is 0 Å². The van der Waals surface area contributed by atoms with E-state index in [1.54, 1.807) is 0 Å². The van der Waals surface area contributed by atoms with Crippen LogP contribution in [0.3, 0.4) is 0 Å². The lowest BCUT2D eigenvalue weighted by Crippen LogP contribution is -2.23. The average molecular weight is 230 g/mol. The highest BCUT2D eigenvalue weighted by Crippen LogP contribution is 2.32. The van der Waals surface area contributed by atoms with Crippen LogP contribution in [0.1, 0.15) is 52.9 Å². The van der Waals surface area contributed by atoms with Gasteiger partial charge in [0.25, 0.3) is 0 Å². The van der Waals surface area contributed by atoms with E-state index in [-0.39, 0.29) is 5.41 Å². The van der Waals surface area contributed by atoms with Crippen LogP contribution in [0.4, 0.5) is 0 Å². The first kappa shape index (κ1) is 12.5. The quantitative estimate of drug-likeness (QED) is 0.795. The third kappa shape index (κ3) is 2.71. The summed E-state index contributed by atoms with van der Waals surface area (Å²) in [5.74, 6) is 0.991. The Morgan fingerprint density at radius 3 is 2.40 bits per heavy atom. The number of nitrogens with zero attached hydrogens (tertiary/aromatic N) is 3. The van der Waals surface area contributed by atoms with Crippen LogP contribution in [0.25, 0.3) is 0 Å². The lowest BCUT2D eigenvalue weighted by Gasteiger charge is -2.29. The molecule has 0 aliphatic heterocycles. The first-order chi connectivity index (χ1) is 6.88. The van der Waals surface area contributed by atoms with E-state index in [1.807, 2.05) is 4.57 Å². The van der Waals surface area contributed by atoms with Crippen molar-refractivity contribution in [1.82, 2.24) is 14.8 Å². The Bertz CT molecular complexity index is 325. The van der Waals surface area contributed by atoms with E-state index in [4.69, 9.17) is 11.6 Å². The Hall–Kier alpha value is -0.570. The SMILES string of the molecule is CCCc1nnc(Cl)n1C(C)C(C)(C)C. The molecule has 86 valence electrons. The summed E-state index contributed by atoms with van der Waals surface area (Å²) in [6.45, 7) is 10.9. The first-order valence-corrected chi connectivity index (χ1v) is 5.85. The summed E-state index contributed by atoms with van der Waals surface area (Å²) in [5.41, 5.74) is 0.161. The lowest BCUT2D eigenvalue weighted by molar-refractivity contribution is 0.257. The summed E-state index contributed by atoms with van der Waals surface area (Å²) < 4.78 is 2.05. The molecule has 0 aliphatic rings. The van der Waals surface area contributed by atoms with E-state index in [1.165, 1.54) is 0 Å². The largest absolute Gasteiger partial charge is 0.298 e. The van der Waals surface area contributed by atoms with Gasteiger partial charge in [-0.15, -0.1) is 10.2 Å². The fourth-order valence-electron chi connectivity index (χ4n) is 1.47. The van der Waals surface area contributed by atoms with Crippen molar-refractivity contribution in [3.8, 4) is 0 Å². The van der Waals surface area contributed by atoms with Gasteiger partial charge in [-0.3, -0.25) is 4.57 Å². The molecule has 0 N–H and O–H groups in total. The minimum atomic E-state index is 0.161. The van der Waals surface area contributed by atoms with Crippen molar-refractivity contribution in [2.75, 3.05) is 0 Å². The topological polar surface area (TPSA) is 30.7 Å². The van der Waals surface area contributed by atoms with Gasteiger partial charge in [-0.05, 0) is 30.4 Å². The molecular weight excluding hydrogens is 210 g/mol. The molecule has 1 heterocycles. The minimum Gasteiger partial charge on any atom is -0.298 e. The summed E-state index contributed by atoms with van der Waals surface area (Å²) in [6.07, 6.45) is 1.99. The maximum Gasteiger partial charge on any atom is 0.225 e. The summed E-state index contributed by atoms with van der Waals surface area (Å²) in [6, 6.07) is 0.307. The predicted molar refractivity (Wildman–Crippen MR) is 63.2 cm³/mol. The normalized spacial score (nSPS) is 14.3. The van der Waals surface area contributed by atoms with Gasteiger partial charge in [-0.2, -0.15) is 0 Å². The standard InChI is InChI=1S/C11H20ClN3/c1-6-7-9-13-14-10(12)15(9)8(2)11(3,4)5/h8H,6-7H2,1-5H3. The molecule has 1 aromatic rings. The third-order valence-electron chi connectivity index (χ3n) is 2.84. The molecular formula is C11H20ClN3. The first-order valence-electron chi connectivity index (χ1n) is 5.47. The van der Waals surface area contributed by atoms with E-state index in [0.29, 0.717) is 11.3 Å². The molecule has 4 heteroatoms. The number of rotatable bonds is 3. The van der Waals surface area contributed by atoms with E-state index in [0.717, 1.165) is 18.7 Å². The molecule has 1 atom stereocenters. The number of aromatic nitrogens is 3. The van der Waals surface area contributed by atoms with Crippen molar-refractivity contribution >= 4 is 11.6 Å². The van der Waals surface area contributed by atoms with Crippen LogP contribution >= 0.6 is 11.6 Å². The smallest absolute Gasteiger partial charge is 0.225 e. The zero-order valence-electron chi connectivity index (χ0n) is 10.2. The predicted octanol–water partition coefficient (Wildman–Crippen LogP) is 3.49. The Morgan fingerprint density at radius 2 is 1.93 bits per heavy atom. The lowest BCUT2D eigenvalue weighted by atomic mass is 9.88. The highest BCUT2D eigenvalue weighted by molar-refractivity contribution is 6.28. The van der Waals surface area contributed by atoms with Crippen molar-refractivity contribution in [2.24, 2.45) is 5.41 Å². The molecule has 3 nitrogen and oxygen atoms in total. The fraction of sp³-hybridized carbons (Fsp3) is 0.818. The van der Waals surface area contributed by atoms with Crippen LogP contribution in [0.2, 0.25) is 5.28 Å². The number of aryl methyl sites for hydroxylation is 1. The molecule has 0 aliphatic carbocycles. The van der Waals surface area contributed by atoms with Crippen LogP contribution < -0.4 is 0 Å². The van der Waals surface area contributed by atoms with Crippen molar-refractivity contribution in [1.29, 1.82) is 0 Å². The second kappa shape index (κ2) is 4.52. The van der Waals surface area contributed by atoms with Crippen molar-refractivity contribution in [3.63, 3.8) is 0 Å². The van der Waals surface area contributed by atoms with Crippen LogP contribution in [0, 0.1) is 5.41 Å². The van der Waals surface area contributed by atoms with Gasteiger partial charge in [0.1, 0.15) is 5.82 Å². The van der Waals surface area contributed by atoms with Crippen LogP contribution in [-0.4, -0.2) is 14.8 Å². The van der Waals surface area contributed by atoms with Gasteiger partial charge in [0.05, 0.1) is 0 Å². The van der Waals surface area contributed by atoms with Crippen LogP contribution in [-0.2, 0) is 6.42 Å². The maximum absolute atomic E-state index is 6.07. The molecule has 0 radical (unpaired) electrons. The summed E-state index contributed by atoms with van der Waals surface area (Å²) in [4.78, 5) is 0. The molecule has 15 heavy (non-hydrogen) atoms. The van der Waals surface area contributed by atoms with E-state index >= 15 is 0 Å².